The summed E-state index contributed by atoms with van der Waals surface area (Å²) in [5, 5.41) is 3.29. The molecule has 1 N–H and O–H groups in total. The van der Waals surface area contributed by atoms with E-state index in [1.165, 1.54) is 12.0 Å². The van der Waals surface area contributed by atoms with Crippen molar-refractivity contribution in [1.29, 1.82) is 0 Å². The molecule has 0 spiro atoms. The first-order valence-corrected chi connectivity index (χ1v) is 15.2. The van der Waals surface area contributed by atoms with Gasteiger partial charge in [-0.1, -0.05) is 99.3 Å². The minimum Gasteiger partial charge on any atom is -0.483 e. The SMILES string of the molecule is Cc1ccc(CN(C(=O)COc2ccc(C(C)C)cc2Br)C(Cc2ccccc2)C(=O)NC2CCCCC2)cc1. The van der Waals surface area contributed by atoms with E-state index in [9.17, 15) is 9.59 Å². The van der Waals surface area contributed by atoms with E-state index in [0.717, 1.165) is 46.8 Å². The second-order valence-corrected chi connectivity index (χ2v) is 12.0. The van der Waals surface area contributed by atoms with E-state index >= 15 is 0 Å². The molecule has 3 aromatic carbocycles. The maximum absolute atomic E-state index is 13.9. The van der Waals surface area contributed by atoms with Gasteiger partial charge < -0.3 is 15.0 Å². The fraction of sp³-hybridized carbons (Fsp3) is 0.412. The van der Waals surface area contributed by atoms with Crippen molar-refractivity contribution in [2.75, 3.05) is 6.61 Å². The van der Waals surface area contributed by atoms with Crippen molar-refractivity contribution in [3.05, 3.63) is 99.5 Å². The fourth-order valence-corrected chi connectivity index (χ4v) is 5.72. The van der Waals surface area contributed by atoms with Crippen LogP contribution in [0, 0.1) is 6.92 Å². The van der Waals surface area contributed by atoms with E-state index in [1.807, 2.05) is 79.7 Å². The number of carbonyl (C=O) groups excluding carboxylic acids is 2. The molecule has 1 atom stereocenters. The lowest BCUT2D eigenvalue weighted by molar-refractivity contribution is -0.143. The number of amides is 2. The molecule has 40 heavy (non-hydrogen) atoms. The van der Waals surface area contributed by atoms with Crippen molar-refractivity contribution < 1.29 is 14.3 Å². The van der Waals surface area contributed by atoms with Gasteiger partial charge in [-0.25, -0.2) is 0 Å². The molecule has 6 heteroatoms. The van der Waals surface area contributed by atoms with Gasteiger partial charge in [-0.3, -0.25) is 9.59 Å². The van der Waals surface area contributed by atoms with E-state index in [2.05, 4.69) is 35.1 Å². The van der Waals surface area contributed by atoms with Crippen molar-refractivity contribution in [2.45, 2.75) is 83.8 Å². The van der Waals surface area contributed by atoms with Crippen LogP contribution in [0.4, 0.5) is 0 Å². The molecule has 4 rings (SSSR count). The molecule has 1 unspecified atom stereocenters. The van der Waals surface area contributed by atoms with Crippen molar-refractivity contribution in [1.82, 2.24) is 10.2 Å². The van der Waals surface area contributed by atoms with E-state index in [-0.39, 0.29) is 24.5 Å². The van der Waals surface area contributed by atoms with Crippen LogP contribution in [-0.2, 0) is 22.6 Å². The number of aryl methyl sites for hydroxylation is 1. The molecule has 0 heterocycles. The van der Waals surface area contributed by atoms with Crippen molar-refractivity contribution in [3.8, 4) is 5.75 Å². The number of rotatable bonds is 11. The highest BCUT2D eigenvalue weighted by Crippen LogP contribution is 2.29. The minimum absolute atomic E-state index is 0.0984. The highest BCUT2D eigenvalue weighted by Gasteiger charge is 2.32. The smallest absolute Gasteiger partial charge is 0.261 e. The number of ether oxygens (including phenoxy) is 1. The van der Waals surface area contributed by atoms with Crippen LogP contribution in [-0.4, -0.2) is 35.4 Å². The zero-order chi connectivity index (χ0) is 28.5. The molecule has 1 aliphatic carbocycles. The Morgan fingerprint density at radius 3 is 2.30 bits per heavy atom. The molecule has 2 amide bonds. The van der Waals surface area contributed by atoms with Gasteiger partial charge >= 0.3 is 0 Å². The van der Waals surface area contributed by atoms with Crippen LogP contribution in [0.15, 0.2) is 77.3 Å². The lowest BCUT2D eigenvalue weighted by Crippen LogP contribution is -2.53. The van der Waals surface area contributed by atoms with E-state index in [1.54, 1.807) is 4.90 Å². The van der Waals surface area contributed by atoms with Gasteiger partial charge in [0.25, 0.3) is 5.91 Å². The zero-order valence-electron chi connectivity index (χ0n) is 23.9. The highest BCUT2D eigenvalue weighted by atomic mass is 79.9. The number of nitrogens with zero attached hydrogens (tertiary/aromatic N) is 1. The number of nitrogens with one attached hydrogen (secondary N) is 1. The predicted molar refractivity (Wildman–Crippen MR) is 164 cm³/mol. The van der Waals surface area contributed by atoms with Crippen LogP contribution in [0.3, 0.4) is 0 Å². The Labute approximate surface area is 247 Å². The van der Waals surface area contributed by atoms with Crippen molar-refractivity contribution >= 4 is 27.7 Å². The third kappa shape index (κ3) is 8.44. The summed E-state index contributed by atoms with van der Waals surface area (Å²) in [6.07, 6.45) is 5.86. The Morgan fingerprint density at radius 2 is 1.65 bits per heavy atom. The van der Waals surface area contributed by atoms with Crippen molar-refractivity contribution in [2.24, 2.45) is 0 Å². The van der Waals surface area contributed by atoms with Gasteiger partial charge in [-0.05, 0) is 70.4 Å². The lowest BCUT2D eigenvalue weighted by Gasteiger charge is -2.33. The van der Waals surface area contributed by atoms with Gasteiger partial charge in [0.1, 0.15) is 11.8 Å². The number of hydrogen-bond acceptors (Lipinski definition) is 3. The summed E-state index contributed by atoms with van der Waals surface area (Å²) in [6, 6.07) is 23.5. The first-order chi connectivity index (χ1) is 19.3. The van der Waals surface area contributed by atoms with Gasteiger partial charge in [-0.2, -0.15) is 0 Å². The van der Waals surface area contributed by atoms with Crippen LogP contribution >= 0.6 is 15.9 Å². The molecule has 212 valence electrons. The van der Waals surface area contributed by atoms with Crippen molar-refractivity contribution in [3.63, 3.8) is 0 Å². The Bertz CT molecular complexity index is 1250. The van der Waals surface area contributed by atoms with Gasteiger partial charge in [0.15, 0.2) is 6.61 Å². The summed E-state index contributed by atoms with van der Waals surface area (Å²) >= 11 is 3.60. The van der Waals surface area contributed by atoms with E-state index in [0.29, 0.717) is 24.6 Å². The topological polar surface area (TPSA) is 58.6 Å². The quantitative estimate of drug-likeness (QED) is 0.249. The van der Waals surface area contributed by atoms with Crippen LogP contribution in [0.25, 0.3) is 0 Å². The molecule has 1 saturated carbocycles. The minimum atomic E-state index is -0.659. The Kier molecular flexibility index (Phi) is 10.8. The number of benzene rings is 3. The van der Waals surface area contributed by atoms with E-state index < -0.39 is 6.04 Å². The molecule has 0 aliphatic heterocycles. The summed E-state index contributed by atoms with van der Waals surface area (Å²) in [5.74, 6) is 0.677. The molecular weight excluding hydrogens is 564 g/mol. The number of halogens is 1. The standard InChI is InChI=1S/C34H41BrN2O3/c1-24(2)28-18-19-32(30(35)21-28)40-23-33(38)37(22-27-16-14-25(3)15-17-27)31(20-26-10-6-4-7-11-26)34(39)36-29-12-8-5-9-13-29/h4,6-7,10-11,14-19,21,24,29,31H,5,8-9,12-13,20,22-23H2,1-3H3,(H,36,39). The second-order valence-electron chi connectivity index (χ2n) is 11.2. The molecular formula is C34H41BrN2O3. The summed E-state index contributed by atoms with van der Waals surface area (Å²) in [5.41, 5.74) is 4.33. The highest BCUT2D eigenvalue weighted by molar-refractivity contribution is 9.10. The Morgan fingerprint density at radius 1 is 0.950 bits per heavy atom. The molecule has 0 saturated heterocycles. The van der Waals surface area contributed by atoms with Gasteiger partial charge in [0.05, 0.1) is 4.47 Å². The maximum Gasteiger partial charge on any atom is 0.261 e. The number of hydrogen-bond donors (Lipinski definition) is 1. The largest absolute Gasteiger partial charge is 0.483 e. The monoisotopic (exact) mass is 604 g/mol. The fourth-order valence-electron chi connectivity index (χ4n) is 5.20. The summed E-state index contributed by atoms with van der Waals surface area (Å²) < 4.78 is 6.84. The third-order valence-corrected chi connectivity index (χ3v) is 8.29. The number of carbonyl (C=O) groups is 2. The molecule has 1 aliphatic rings. The maximum atomic E-state index is 13.9. The average Bonchev–Trinajstić information content (AvgIpc) is 2.96. The molecule has 0 aromatic heterocycles. The Hall–Kier alpha value is -3.12. The molecule has 5 nitrogen and oxygen atoms in total. The summed E-state index contributed by atoms with van der Waals surface area (Å²) in [7, 11) is 0. The van der Waals surface area contributed by atoms with Crippen LogP contribution in [0.1, 0.15) is 74.1 Å². The average molecular weight is 606 g/mol. The molecule has 3 aromatic rings. The first-order valence-electron chi connectivity index (χ1n) is 14.4. The van der Waals surface area contributed by atoms with Crippen LogP contribution in [0.2, 0.25) is 0 Å². The van der Waals surface area contributed by atoms with Crippen LogP contribution < -0.4 is 10.1 Å². The third-order valence-electron chi connectivity index (χ3n) is 7.67. The van der Waals surface area contributed by atoms with Gasteiger partial charge in [0, 0.05) is 19.0 Å². The predicted octanol–water partition coefficient (Wildman–Crippen LogP) is 7.35. The summed E-state index contributed by atoms with van der Waals surface area (Å²) in [6.45, 7) is 6.48. The van der Waals surface area contributed by atoms with Gasteiger partial charge in [0.2, 0.25) is 5.91 Å². The molecule has 0 radical (unpaired) electrons. The van der Waals surface area contributed by atoms with Gasteiger partial charge in [-0.15, -0.1) is 0 Å². The lowest BCUT2D eigenvalue weighted by atomic mass is 9.94. The normalized spacial score (nSPS) is 14.5. The van der Waals surface area contributed by atoms with Crippen LogP contribution in [0.5, 0.6) is 5.75 Å². The van der Waals surface area contributed by atoms with E-state index in [4.69, 9.17) is 4.74 Å². The zero-order valence-corrected chi connectivity index (χ0v) is 25.5. The molecule has 0 bridgehead atoms. The summed E-state index contributed by atoms with van der Waals surface area (Å²) in [4.78, 5) is 29.5. The second kappa shape index (κ2) is 14.5. The Balaban J connectivity index is 1.60. The first kappa shape index (κ1) is 29.9. The molecule has 1 fully saturated rings.